The van der Waals surface area contributed by atoms with Crippen LogP contribution in [0.3, 0.4) is 0 Å². The van der Waals surface area contributed by atoms with E-state index in [1.54, 1.807) is 18.3 Å². The predicted octanol–water partition coefficient (Wildman–Crippen LogP) is 3.51. The maximum absolute atomic E-state index is 12.8. The summed E-state index contributed by atoms with van der Waals surface area (Å²) in [5.74, 6) is -0.797. The highest BCUT2D eigenvalue weighted by atomic mass is 35.5. The fraction of sp³-hybridized carbons (Fsp3) is 0.391. The molecule has 1 fully saturated rings. The van der Waals surface area contributed by atoms with Crippen molar-refractivity contribution >= 4 is 27.6 Å². The van der Waals surface area contributed by atoms with Gasteiger partial charge in [0.2, 0.25) is 10.0 Å². The van der Waals surface area contributed by atoms with E-state index < -0.39 is 16.0 Å². The van der Waals surface area contributed by atoms with Gasteiger partial charge < -0.3 is 5.11 Å². The minimum Gasteiger partial charge on any atom is -0.481 e. The number of carbonyl (C=O) groups is 1. The molecule has 3 rings (SSSR count). The van der Waals surface area contributed by atoms with Gasteiger partial charge in [0.1, 0.15) is 0 Å². The van der Waals surface area contributed by atoms with Crippen molar-refractivity contribution in [1.29, 1.82) is 0 Å². The zero-order valence-electron chi connectivity index (χ0n) is 17.7. The van der Waals surface area contributed by atoms with Crippen molar-refractivity contribution in [2.75, 3.05) is 13.1 Å². The summed E-state index contributed by atoms with van der Waals surface area (Å²) >= 11 is 5.88. The molecule has 1 aromatic carbocycles. The van der Waals surface area contributed by atoms with Gasteiger partial charge in [-0.1, -0.05) is 29.8 Å². The molecule has 2 atom stereocenters. The Kier molecular flexibility index (Phi) is 8.81. The van der Waals surface area contributed by atoms with Gasteiger partial charge in [0.15, 0.2) is 0 Å². The van der Waals surface area contributed by atoms with Gasteiger partial charge in [-0.2, -0.15) is 0 Å². The lowest BCUT2D eigenvalue weighted by atomic mass is 10.1. The van der Waals surface area contributed by atoms with E-state index in [1.165, 1.54) is 12.1 Å². The number of allylic oxidation sites excluding steroid dienone is 1. The topological polar surface area (TPSA) is 99.6 Å². The first-order chi connectivity index (χ1) is 15.3. The average Bonchev–Trinajstić information content (AvgIpc) is 3.13. The first kappa shape index (κ1) is 24.4. The Balaban J connectivity index is 1.64. The average molecular weight is 478 g/mol. The zero-order valence-corrected chi connectivity index (χ0v) is 19.3. The summed E-state index contributed by atoms with van der Waals surface area (Å²) < 4.78 is 28.4. The van der Waals surface area contributed by atoms with Gasteiger partial charge in [-0.25, -0.2) is 13.1 Å². The fourth-order valence-electron chi connectivity index (χ4n) is 3.82. The van der Waals surface area contributed by atoms with Crippen LogP contribution in [-0.4, -0.2) is 54.6 Å². The van der Waals surface area contributed by atoms with Crippen molar-refractivity contribution in [3.05, 3.63) is 71.5 Å². The molecule has 0 bridgehead atoms. The van der Waals surface area contributed by atoms with E-state index in [1.807, 2.05) is 24.4 Å². The third kappa shape index (κ3) is 7.41. The van der Waals surface area contributed by atoms with Crippen molar-refractivity contribution in [2.45, 2.75) is 49.1 Å². The third-order valence-corrected chi connectivity index (χ3v) is 7.21. The summed E-state index contributed by atoms with van der Waals surface area (Å²) in [6.07, 6.45) is 10.5. The van der Waals surface area contributed by atoms with Crippen molar-refractivity contribution < 1.29 is 18.3 Å². The normalized spacial score (nSPS) is 19.5. The Morgan fingerprint density at radius 2 is 2.06 bits per heavy atom. The van der Waals surface area contributed by atoms with E-state index in [-0.39, 0.29) is 23.4 Å². The number of hydrogen-bond acceptors (Lipinski definition) is 5. The molecule has 1 saturated heterocycles. The monoisotopic (exact) mass is 477 g/mol. The van der Waals surface area contributed by atoms with Crippen LogP contribution >= 0.6 is 11.6 Å². The number of carboxylic acids is 1. The highest BCUT2D eigenvalue weighted by Gasteiger charge is 2.33. The summed E-state index contributed by atoms with van der Waals surface area (Å²) in [5.41, 5.74) is 1.13. The molecule has 1 aliphatic heterocycles. The number of hydrogen-bond donors (Lipinski definition) is 2. The molecule has 7 nitrogen and oxygen atoms in total. The number of rotatable bonds is 11. The molecule has 1 aliphatic rings. The molecule has 1 aromatic heterocycles. The number of nitrogens with zero attached hydrogens (tertiary/aromatic N) is 2. The van der Waals surface area contributed by atoms with Gasteiger partial charge in [0.25, 0.3) is 0 Å². The highest BCUT2D eigenvalue weighted by molar-refractivity contribution is 7.89. The number of sulfonamides is 1. The molecule has 2 N–H and O–H groups in total. The number of carboxylic acid groups (broad SMARTS) is 1. The minimum absolute atomic E-state index is 0.0782. The molecule has 9 heteroatoms. The molecule has 0 aliphatic carbocycles. The summed E-state index contributed by atoms with van der Waals surface area (Å²) in [7, 11) is -3.65. The van der Waals surface area contributed by atoms with Gasteiger partial charge >= 0.3 is 5.97 Å². The minimum atomic E-state index is -3.65. The highest BCUT2D eigenvalue weighted by Crippen LogP contribution is 2.22. The van der Waals surface area contributed by atoms with Gasteiger partial charge in [0, 0.05) is 49.0 Å². The second-order valence-corrected chi connectivity index (χ2v) is 10.0. The zero-order chi connectivity index (χ0) is 23.0. The van der Waals surface area contributed by atoms with Crippen LogP contribution in [0.5, 0.6) is 0 Å². The first-order valence-corrected chi connectivity index (χ1v) is 12.5. The van der Waals surface area contributed by atoms with Crippen LogP contribution in [0.4, 0.5) is 0 Å². The van der Waals surface area contributed by atoms with E-state index in [2.05, 4.69) is 20.7 Å². The molecule has 2 aromatic rings. The molecule has 2 heterocycles. The smallest absolute Gasteiger partial charge is 0.303 e. The molecule has 32 heavy (non-hydrogen) atoms. The number of aliphatic carboxylic acids is 1. The van der Waals surface area contributed by atoms with Gasteiger partial charge in [-0.05, 0) is 61.6 Å². The van der Waals surface area contributed by atoms with Crippen LogP contribution in [0.1, 0.15) is 31.2 Å². The Hall–Kier alpha value is -2.26. The van der Waals surface area contributed by atoms with Crippen molar-refractivity contribution in [1.82, 2.24) is 14.6 Å². The number of aromatic nitrogens is 1. The van der Waals surface area contributed by atoms with Crippen LogP contribution in [-0.2, 0) is 21.2 Å². The molecule has 0 saturated carbocycles. The maximum Gasteiger partial charge on any atom is 0.303 e. The van der Waals surface area contributed by atoms with Gasteiger partial charge in [-0.3, -0.25) is 14.7 Å². The van der Waals surface area contributed by atoms with Gasteiger partial charge in [-0.15, -0.1) is 0 Å². The SMILES string of the molecule is O=C(O)CCC/C=C\[C@@H]1C[C@@H](NS(=O)(=O)c2ccc(Cl)cc2)CN1CCc1cccnc1. The Labute approximate surface area is 194 Å². The molecule has 0 spiro atoms. The molecular formula is C23H28ClN3O4S. The van der Waals surface area contributed by atoms with Crippen LogP contribution in [0, 0.1) is 0 Å². The standard InChI is InChI=1S/C23H28ClN3O4S/c24-19-8-10-22(11-9-19)32(30,31)26-20-15-21(6-2-1-3-7-23(28)29)27(17-20)14-12-18-5-4-13-25-16-18/h2,4-6,8-11,13,16,20-21,26H,1,3,7,12,14-15,17H2,(H,28,29)/b6-2-/t20-,21-/m1/s1. The van der Waals surface area contributed by atoms with Crippen LogP contribution < -0.4 is 4.72 Å². The van der Waals surface area contributed by atoms with Crippen molar-refractivity contribution in [3.63, 3.8) is 0 Å². The fourth-order valence-corrected chi connectivity index (χ4v) is 5.19. The van der Waals surface area contributed by atoms with Crippen molar-refractivity contribution in [2.24, 2.45) is 0 Å². The van der Waals surface area contributed by atoms with E-state index >= 15 is 0 Å². The summed E-state index contributed by atoms with van der Waals surface area (Å²) in [4.78, 5) is 17.3. The number of halogens is 1. The van der Waals surface area contributed by atoms with E-state index in [0.717, 1.165) is 18.5 Å². The number of pyridine rings is 1. The first-order valence-electron chi connectivity index (χ1n) is 10.6. The van der Waals surface area contributed by atoms with E-state index in [4.69, 9.17) is 16.7 Å². The Bertz CT molecular complexity index is 1010. The third-order valence-electron chi connectivity index (χ3n) is 5.43. The number of benzene rings is 1. The maximum atomic E-state index is 12.8. The van der Waals surface area contributed by atoms with E-state index in [0.29, 0.717) is 30.8 Å². The molecule has 172 valence electrons. The summed E-state index contributed by atoms with van der Waals surface area (Å²) in [6.45, 7) is 1.37. The number of nitrogens with one attached hydrogen (secondary N) is 1. The van der Waals surface area contributed by atoms with Gasteiger partial charge in [0.05, 0.1) is 4.90 Å². The second kappa shape index (κ2) is 11.6. The molecule has 0 amide bonds. The van der Waals surface area contributed by atoms with Crippen LogP contribution in [0.25, 0.3) is 0 Å². The summed E-state index contributed by atoms with van der Waals surface area (Å²) in [5, 5.41) is 9.27. The van der Waals surface area contributed by atoms with Crippen LogP contribution in [0.2, 0.25) is 5.02 Å². The van der Waals surface area contributed by atoms with Crippen LogP contribution in [0.15, 0.2) is 65.8 Å². The number of likely N-dealkylation sites (tertiary alicyclic amines) is 1. The lowest BCUT2D eigenvalue weighted by Crippen LogP contribution is -2.37. The molecular weight excluding hydrogens is 450 g/mol. The molecule has 0 unspecified atom stereocenters. The predicted molar refractivity (Wildman–Crippen MR) is 124 cm³/mol. The summed E-state index contributed by atoms with van der Waals surface area (Å²) in [6, 6.07) is 9.91. The lowest BCUT2D eigenvalue weighted by Gasteiger charge is -2.21. The quantitative estimate of drug-likeness (QED) is 0.379. The number of unbranched alkanes of at least 4 members (excludes halogenated alkanes) is 1. The largest absolute Gasteiger partial charge is 0.481 e. The Morgan fingerprint density at radius 3 is 2.75 bits per heavy atom. The second-order valence-electron chi connectivity index (χ2n) is 7.90. The lowest BCUT2D eigenvalue weighted by molar-refractivity contribution is -0.137. The van der Waals surface area contributed by atoms with Crippen molar-refractivity contribution in [3.8, 4) is 0 Å². The van der Waals surface area contributed by atoms with E-state index in [9.17, 15) is 13.2 Å². The Morgan fingerprint density at radius 1 is 1.28 bits per heavy atom. The molecule has 0 radical (unpaired) electrons.